The molecule has 0 spiro atoms. The Morgan fingerprint density at radius 1 is 1.53 bits per heavy atom. The number of carboxylic acid groups (broad SMARTS) is 1. The van der Waals surface area contributed by atoms with E-state index in [2.05, 4.69) is 10.4 Å². The van der Waals surface area contributed by atoms with Gasteiger partial charge in [0.2, 0.25) is 0 Å². The Bertz CT molecular complexity index is 493. The summed E-state index contributed by atoms with van der Waals surface area (Å²) in [4.78, 5) is 23.3. The Kier molecular flexibility index (Phi) is 3.87. The van der Waals surface area contributed by atoms with E-state index in [-0.39, 0.29) is 11.8 Å². The van der Waals surface area contributed by atoms with Crippen molar-refractivity contribution in [3.63, 3.8) is 0 Å². The number of hydrogen-bond donors (Lipinski definition) is 2. The van der Waals surface area contributed by atoms with Crippen LogP contribution in [0.3, 0.4) is 0 Å². The molecular formula is C13H19N3O3. The van der Waals surface area contributed by atoms with Crippen LogP contribution in [0.15, 0.2) is 6.20 Å². The van der Waals surface area contributed by atoms with Gasteiger partial charge in [0, 0.05) is 6.54 Å². The predicted octanol–water partition coefficient (Wildman–Crippen LogP) is 1.06. The normalized spacial score (nSPS) is 15.3. The lowest BCUT2D eigenvalue weighted by molar-refractivity contribution is -0.139. The topological polar surface area (TPSA) is 84.2 Å². The van der Waals surface area contributed by atoms with Crippen LogP contribution in [0.1, 0.15) is 42.7 Å². The molecule has 0 aliphatic carbocycles. The van der Waals surface area contributed by atoms with Gasteiger partial charge in [-0.2, -0.15) is 5.10 Å². The number of carbonyl (C=O) groups is 2. The van der Waals surface area contributed by atoms with Crippen LogP contribution in [0, 0.1) is 5.92 Å². The molecule has 0 radical (unpaired) electrons. The molecule has 1 atom stereocenters. The molecule has 2 N–H and O–H groups in total. The van der Waals surface area contributed by atoms with E-state index in [1.807, 2.05) is 18.5 Å². The average molecular weight is 265 g/mol. The number of amides is 1. The van der Waals surface area contributed by atoms with Gasteiger partial charge in [-0.1, -0.05) is 13.8 Å². The molecule has 0 aromatic carbocycles. The first-order valence-electron chi connectivity index (χ1n) is 6.57. The van der Waals surface area contributed by atoms with Gasteiger partial charge in [0.15, 0.2) is 0 Å². The van der Waals surface area contributed by atoms with Crippen LogP contribution in [-0.2, 0) is 17.8 Å². The molecular weight excluding hydrogens is 246 g/mol. The van der Waals surface area contributed by atoms with Gasteiger partial charge in [-0.05, 0) is 25.2 Å². The fourth-order valence-corrected chi connectivity index (χ4v) is 2.38. The number of nitrogens with zero attached hydrogens (tertiary/aromatic N) is 2. The second-order valence-electron chi connectivity index (χ2n) is 5.33. The fourth-order valence-electron chi connectivity index (χ4n) is 2.38. The van der Waals surface area contributed by atoms with E-state index >= 15 is 0 Å². The molecule has 1 unspecified atom stereocenters. The number of aromatic nitrogens is 2. The Morgan fingerprint density at radius 2 is 2.26 bits per heavy atom. The van der Waals surface area contributed by atoms with Crippen molar-refractivity contribution in [3.05, 3.63) is 17.5 Å². The minimum Gasteiger partial charge on any atom is -0.480 e. The van der Waals surface area contributed by atoms with Crippen LogP contribution in [0.25, 0.3) is 0 Å². The van der Waals surface area contributed by atoms with E-state index in [1.165, 1.54) is 6.20 Å². The Labute approximate surface area is 111 Å². The largest absolute Gasteiger partial charge is 0.480 e. The summed E-state index contributed by atoms with van der Waals surface area (Å²) >= 11 is 0. The summed E-state index contributed by atoms with van der Waals surface area (Å²) in [6, 6.07) is -0.843. The van der Waals surface area contributed by atoms with Crippen molar-refractivity contribution in [2.45, 2.75) is 45.7 Å². The summed E-state index contributed by atoms with van der Waals surface area (Å²) in [5, 5.41) is 15.9. The Hall–Kier alpha value is -1.85. The molecule has 1 aromatic rings. The smallest absolute Gasteiger partial charge is 0.326 e. The van der Waals surface area contributed by atoms with E-state index in [0.29, 0.717) is 12.0 Å². The quantitative estimate of drug-likeness (QED) is 0.833. The minimum absolute atomic E-state index is 0.208. The van der Waals surface area contributed by atoms with Crippen molar-refractivity contribution in [3.8, 4) is 0 Å². The standard InChI is InChI=1S/C13H19N3O3/c1-8(2)6-10(13(18)19)15-12(17)9-7-14-16-5-3-4-11(9)16/h7-8,10H,3-6H2,1-2H3,(H,15,17)(H,18,19). The van der Waals surface area contributed by atoms with E-state index in [0.717, 1.165) is 25.1 Å². The predicted molar refractivity (Wildman–Crippen MR) is 68.9 cm³/mol. The third-order valence-corrected chi connectivity index (χ3v) is 3.29. The van der Waals surface area contributed by atoms with Crippen LogP contribution in [0.4, 0.5) is 0 Å². The molecule has 2 rings (SSSR count). The lowest BCUT2D eigenvalue weighted by atomic mass is 10.0. The molecule has 1 amide bonds. The van der Waals surface area contributed by atoms with Crippen molar-refractivity contribution in [2.75, 3.05) is 0 Å². The number of hydrogen-bond acceptors (Lipinski definition) is 3. The van der Waals surface area contributed by atoms with E-state index in [4.69, 9.17) is 5.11 Å². The summed E-state index contributed by atoms with van der Waals surface area (Å²) in [6.45, 7) is 4.69. The van der Waals surface area contributed by atoms with Crippen LogP contribution in [0.5, 0.6) is 0 Å². The summed E-state index contributed by atoms with van der Waals surface area (Å²) < 4.78 is 1.81. The summed E-state index contributed by atoms with van der Waals surface area (Å²) in [6.07, 6.45) is 3.76. The summed E-state index contributed by atoms with van der Waals surface area (Å²) in [5.74, 6) is -1.12. The van der Waals surface area contributed by atoms with Gasteiger partial charge in [0.25, 0.3) is 5.91 Å². The van der Waals surface area contributed by atoms with Gasteiger partial charge >= 0.3 is 5.97 Å². The van der Waals surface area contributed by atoms with Gasteiger partial charge in [-0.3, -0.25) is 9.48 Å². The maximum atomic E-state index is 12.1. The third kappa shape index (κ3) is 2.94. The molecule has 1 aliphatic rings. The fraction of sp³-hybridized carbons (Fsp3) is 0.615. The van der Waals surface area contributed by atoms with Crippen LogP contribution in [0.2, 0.25) is 0 Å². The van der Waals surface area contributed by atoms with Crippen LogP contribution >= 0.6 is 0 Å². The summed E-state index contributed by atoms with van der Waals surface area (Å²) in [5.41, 5.74) is 1.42. The highest BCUT2D eigenvalue weighted by molar-refractivity contribution is 5.97. The molecule has 2 heterocycles. The Morgan fingerprint density at radius 3 is 2.89 bits per heavy atom. The molecule has 104 valence electrons. The van der Waals surface area contributed by atoms with Crippen LogP contribution < -0.4 is 5.32 Å². The van der Waals surface area contributed by atoms with Crippen LogP contribution in [-0.4, -0.2) is 32.8 Å². The minimum atomic E-state index is -0.995. The highest BCUT2D eigenvalue weighted by atomic mass is 16.4. The van der Waals surface area contributed by atoms with Gasteiger partial charge in [-0.25, -0.2) is 4.79 Å². The van der Waals surface area contributed by atoms with Gasteiger partial charge in [-0.15, -0.1) is 0 Å². The third-order valence-electron chi connectivity index (χ3n) is 3.29. The number of fused-ring (bicyclic) bond motifs is 1. The zero-order valence-corrected chi connectivity index (χ0v) is 11.2. The molecule has 1 aliphatic heterocycles. The maximum absolute atomic E-state index is 12.1. The van der Waals surface area contributed by atoms with E-state index in [9.17, 15) is 9.59 Å². The van der Waals surface area contributed by atoms with Gasteiger partial charge < -0.3 is 10.4 Å². The SMILES string of the molecule is CC(C)CC(NC(=O)c1cnn2c1CCC2)C(=O)O. The second-order valence-corrected chi connectivity index (χ2v) is 5.33. The number of carboxylic acids is 1. The monoisotopic (exact) mass is 265 g/mol. The number of aliphatic carboxylic acids is 1. The molecule has 0 fully saturated rings. The number of nitrogens with one attached hydrogen (secondary N) is 1. The average Bonchev–Trinajstić information content (AvgIpc) is 2.88. The molecule has 6 heteroatoms. The lowest BCUT2D eigenvalue weighted by Crippen LogP contribution is -2.41. The Balaban J connectivity index is 2.08. The number of aryl methyl sites for hydroxylation is 1. The first kappa shape index (κ1) is 13.6. The molecule has 0 saturated heterocycles. The zero-order chi connectivity index (χ0) is 14.0. The highest BCUT2D eigenvalue weighted by Gasteiger charge is 2.26. The number of carbonyl (C=O) groups excluding carboxylic acids is 1. The summed E-state index contributed by atoms with van der Waals surface area (Å²) in [7, 11) is 0. The van der Waals surface area contributed by atoms with Gasteiger partial charge in [0.05, 0.1) is 17.5 Å². The van der Waals surface area contributed by atoms with Crippen molar-refractivity contribution in [1.29, 1.82) is 0 Å². The highest BCUT2D eigenvalue weighted by Crippen LogP contribution is 2.18. The zero-order valence-electron chi connectivity index (χ0n) is 11.2. The molecule has 19 heavy (non-hydrogen) atoms. The second kappa shape index (κ2) is 5.42. The molecule has 6 nitrogen and oxygen atoms in total. The first-order valence-corrected chi connectivity index (χ1v) is 6.57. The van der Waals surface area contributed by atoms with Gasteiger partial charge in [0.1, 0.15) is 6.04 Å². The molecule has 0 saturated carbocycles. The molecule has 0 bridgehead atoms. The van der Waals surface area contributed by atoms with E-state index < -0.39 is 12.0 Å². The first-order chi connectivity index (χ1) is 8.99. The van der Waals surface area contributed by atoms with Crippen molar-refractivity contribution in [1.82, 2.24) is 15.1 Å². The maximum Gasteiger partial charge on any atom is 0.326 e. The van der Waals surface area contributed by atoms with Crippen molar-refractivity contribution < 1.29 is 14.7 Å². The lowest BCUT2D eigenvalue weighted by Gasteiger charge is -2.16. The van der Waals surface area contributed by atoms with Crippen molar-refractivity contribution in [2.24, 2.45) is 5.92 Å². The van der Waals surface area contributed by atoms with E-state index in [1.54, 1.807) is 0 Å². The number of rotatable bonds is 5. The van der Waals surface area contributed by atoms with Crippen molar-refractivity contribution >= 4 is 11.9 Å². The molecule has 1 aromatic heterocycles.